The molecule has 4 aliphatic rings. The van der Waals surface area contributed by atoms with Gasteiger partial charge in [0.05, 0.1) is 29.4 Å². The number of nitrogens with one attached hydrogen (secondary N) is 4. The maximum absolute atomic E-state index is 14.2. The predicted molar refractivity (Wildman–Crippen MR) is 264 cm³/mol. The van der Waals surface area contributed by atoms with E-state index in [-0.39, 0.29) is 55.8 Å². The number of anilines is 4. The molecule has 4 saturated heterocycles. The number of thiophene rings is 4. The van der Waals surface area contributed by atoms with Crippen molar-refractivity contribution in [3.8, 4) is 0 Å². The highest BCUT2D eigenvalue weighted by molar-refractivity contribution is 7.13. The molecule has 18 nitrogen and oxygen atoms in total. The number of nitrogens with zero attached hydrogens (tertiary/aromatic N) is 4. The Balaban J connectivity index is 0.886. The fourth-order valence-corrected chi connectivity index (χ4v) is 12.5. The van der Waals surface area contributed by atoms with Gasteiger partial charge in [0.25, 0.3) is 17.7 Å². The van der Waals surface area contributed by atoms with E-state index in [4.69, 9.17) is 4.74 Å². The molecule has 4 fully saturated rings. The molecule has 8 amide bonds. The van der Waals surface area contributed by atoms with E-state index in [2.05, 4.69) is 21.3 Å². The molecule has 0 spiro atoms. The molecule has 4 atom stereocenters. The smallest absolute Gasteiger partial charge is 0.350 e. The van der Waals surface area contributed by atoms with Crippen LogP contribution in [-0.2, 0) is 28.7 Å². The maximum atomic E-state index is 14.2. The van der Waals surface area contributed by atoms with Crippen molar-refractivity contribution in [2.45, 2.75) is 103 Å². The summed E-state index contributed by atoms with van der Waals surface area (Å²) in [5.41, 5.74) is 0.478. The van der Waals surface area contributed by atoms with Gasteiger partial charge in [-0.25, -0.2) is 4.79 Å². The normalized spacial score (nSPS) is 20.2. The van der Waals surface area contributed by atoms with Gasteiger partial charge in [-0.15, -0.1) is 45.3 Å². The first-order valence-electron chi connectivity index (χ1n) is 23.0. The molecular weight excluding hydrogens is 965 g/mol. The summed E-state index contributed by atoms with van der Waals surface area (Å²) in [6, 6.07) is 3.27. The zero-order chi connectivity index (χ0) is 49.1. The molecular formula is C47H54N8O10S4. The van der Waals surface area contributed by atoms with Crippen molar-refractivity contribution in [1.82, 2.24) is 19.6 Å². The van der Waals surface area contributed by atoms with Crippen molar-refractivity contribution >= 4 is 121 Å². The lowest BCUT2D eigenvalue weighted by Gasteiger charge is -2.30. The first kappa shape index (κ1) is 49.5. The van der Waals surface area contributed by atoms with Crippen LogP contribution in [0.4, 0.5) is 22.7 Å². The van der Waals surface area contributed by atoms with Gasteiger partial charge in [-0.05, 0) is 104 Å². The second kappa shape index (κ2) is 20.9. The Hall–Kier alpha value is -5.97. The second-order valence-electron chi connectivity index (χ2n) is 18.2. The van der Waals surface area contributed by atoms with Crippen LogP contribution in [0.3, 0.4) is 0 Å². The van der Waals surface area contributed by atoms with Crippen molar-refractivity contribution in [1.29, 1.82) is 0 Å². The first-order chi connectivity index (χ1) is 33.1. The third kappa shape index (κ3) is 10.3. The number of carbonyl (C=O) groups is 9. The van der Waals surface area contributed by atoms with Crippen LogP contribution < -0.4 is 21.3 Å². The van der Waals surface area contributed by atoms with E-state index in [1.54, 1.807) is 57.6 Å². The molecule has 0 radical (unpaired) electrons. The standard InChI is InChI=1S/C47H54N8O10S4/c1-5-65-45(63)37-29(17-25-69-37)51-40(58)32-12-8-20-54(32)43(61)35-27(15-23-67-35)49-38(56)30-10-6-18-52(30)42(60)34-26(14-22-66-34)48-39(57)31-11-7-19-53(31)44(62)36-28(16-24-68-36)50-41(59)33-13-9-21-55(33)46(64)47(2,3)4/h14-17,22-25,30-33H,5-13,18-21H2,1-4H3,(H,48,57)(H,49,56)(H,50,59)(H,51,58). The van der Waals surface area contributed by atoms with Gasteiger partial charge in [0.15, 0.2) is 0 Å². The van der Waals surface area contributed by atoms with E-state index < -0.39 is 71.0 Å². The highest BCUT2D eigenvalue weighted by atomic mass is 32.1. The zero-order valence-electron chi connectivity index (χ0n) is 38.6. The minimum atomic E-state index is -0.880. The number of hydrogen-bond donors (Lipinski definition) is 4. The lowest BCUT2D eigenvalue weighted by atomic mass is 9.94. The topological polar surface area (TPSA) is 224 Å². The fraction of sp³-hybridized carbons (Fsp3) is 0.468. The van der Waals surface area contributed by atoms with Crippen molar-refractivity contribution < 1.29 is 47.9 Å². The number of likely N-dealkylation sites (tertiary alicyclic amines) is 4. The van der Waals surface area contributed by atoms with Crippen LogP contribution in [-0.4, -0.2) is 130 Å². The Morgan fingerprint density at radius 1 is 0.493 bits per heavy atom. The molecule has 4 N–H and O–H groups in total. The summed E-state index contributed by atoms with van der Waals surface area (Å²) in [6.07, 6.45) is 4.02. The quantitative estimate of drug-likeness (QED) is 0.102. The van der Waals surface area contributed by atoms with Gasteiger partial charge in [-0.1, -0.05) is 20.8 Å². The van der Waals surface area contributed by atoms with E-state index in [1.165, 1.54) is 14.7 Å². The van der Waals surface area contributed by atoms with E-state index in [9.17, 15) is 43.2 Å². The van der Waals surface area contributed by atoms with Crippen LogP contribution in [0.25, 0.3) is 0 Å². The van der Waals surface area contributed by atoms with Gasteiger partial charge in [-0.2, -0.15) is 0 Å². The van der Waals surface area contributed by atoms with Gasteiger partial charge in [-0.3, -0.25) is 38.4 Å². The summed E-state index contributed by atoms with van der Waals surface area (Å²) in [6.45, 7) is 8.69. The SMILES string of the molecule is CCOC(=O)c1sccc1NC(=O)C1CCCN1C(=O)c1sccc1NC(=O)C1CCCN1C(=O)c1sccc1NC(=O)C1CCCN1C(=O)c1sccc1NC(=O)C1CCCN1C(=O)C(C)(C)C. The average Bonchev–Trinajstić information content (AvgIpc) is 4.17. The molecule has 0 aromatic carbocycles. The maximum Gasteiger partial charge on any atom is 0.350 e. The largest absolute Gasteiger partial charge is 0.462 e. The van der Waals surface area contributed by atoms with Gasteiger partial charge < -0.3 is 45.6 Å². The van der Waals surface area contributed by atoms with Crippen LogP contribution in [0, 0.1) is 5.41 Å². The molecule has 0 bridgehead atoms. The van der Waals surface area contributed by atoms with Crippen molar-refractivity contribution in [2.24, 2.45) is 5.41 Å². The highest BCUT2D eigenvalue weighted by Gasteiger charge is 2.42. The third-order valence-electron chi connectivity index (χ3n) is 12.6. The Kier molecular flexibility index (Phi) is 15.0. The molecule has 4 aromatic rings. The first-order valence-corrected chi connectivity index (χ1v) is 26.5. The summed E-state index contributed by atoms with van der Waals surface area (Å²) in [4.78, 5) is 130. The molecule has 0 aliphatic carbocycles. The molecule has 8 heterocycles. The summed E-state index contributed by atoms with van der Waals surface area (Å²) < 4.78 is 5.11. The van der Waals surface area contributed by atoms with Crippen molar-refractivity contribution in [3.63, 3.8) is 0 Å². The number of esters is 1. The third-order valence-corrected chi connectivity index (χ3v) is 16.2. The lowest BCUT2D eigenvalue weighted by Crippen LogP contribution is -2.47. The fourth-order valence-electron chi connectivity index (χ4n) is 9.30. The van der Waals surface area contributed by atoms with Gasteiger partial charge in [0.1, 0.15) is 43.7 Å². The Labute approximate surface area is 414 Å². The second-order valence-corrected chi connectivity index (χ2v) is 21.9. The summed E-state index contributed by atoms with van der Waals surface area (Å²) in [5.74, 6) is -3.74. The molecule has 4 aromatic heterocycles. The summed E-state index contributed by atoms with van der Waals surface area (Å²) in [5, 5.41) is 18.1. The lowest BCUT2D eigenvalue weighted by molar-refractivity contribution is -0.143. The Morgan fingerprint density at radius 2 is 0.783 bits per heavy atom. The average molecular weight is 1020 g/mol. The minimum Gasteiger partial charge on any atom is -0.462 e. The van der Waals surface area contributed by atoms with E-state index in [0.29, 0.717) is 82.4 Å². The van der Waals surface area contributed by atoms with Gasteiger partial charge in [0, 0.05) is 31.6 Å². The van der Waals surface area contributed by atoms with Crippen LogP contribution in [0.2, 0.25) is 0 Å². The number of amides is 8. The summed E-state index contributed by atoms with van der Waals surface area (Å²) >= 11 is 4.54. The number of ether oxygens (including phenoxy) is 1. The number of carbonyl (C=O) groups excluding carboxylic acids is 9. The molecule has 8 rings (SSSR count). The van der Waals surface area contributed by atoms with E-state index >= 15 is 0 Å². The zero-order valence-corrected chi connectivity index (χ0v) is 41.9. The van der Waals surface area contributed by atoms with Crippen LogP contribution in [0.5, 0.6) is 0 Å². The summed E-state index contributed by atoms with van der Waals surface area (Å²) in [7, 11) is 0. The molecule has 0 saturated carbocycles. The number of hydrogen-bond acceptors (Lipinski definition) is 14. The Morgan fingerprint density at radius 3 is 1.10 bits per heavy atom. The molecule has 4 unspecified atom stereocenters. The number of rotatable bonds is 13. The predicted octanol–water partition coefficient (Wildman–Crippen LogP) is 6.81. The van der Waals surface area contributed by atoms with Crippen LogP contribution >= 0.6 is 45.3 Å². The molecule has 22 heteroatoms. The van der Waals surface area contributed by atoms with Crippen LogP contribution in [0.15, 0.2) is 45.8 Å². The van der Waals surface area contributed by atoms with E-state index in [0.717, 1.165) is 45.3 Å². The highest BCUT2D eigenvalue weighted by Crippen LogP contribution is 2.35. The molecule has 366 valence electrons. The van der Waals surface area contributed by atoms with E-state index in [1.807, 2.05) is 20.8 Å². The molecule has 69 heavy (non-hydrogen) atoms. The van der Waals surface area contributed by atoms with Crippen molar-refractivity contribution in [3.05, 3.63) is 65.3 Å². The Bertz CT molecular complexity index is 2660. The van der Waals surface area contributed by atoms with Crippen LogP contribution in [0.1, 0.15) is 118 Å². The van der Waals surface area contributed by atoms with Gasteiger partial charge >= 0.3 is 5.97 Å². The molecule has 4 aliphatic heterocycles. The minimum absolute atomic E-state index is 0.117. The van der Waals surface area contributed by atoms with Crippen molar-refractivity contribution in [2.75, 3.05) is 54.1 Å². The monoisotopic (exact) mass is 1020 g/mol. The van der Waals surface area contributed by atoms with Gasteiger partial charge in [0.2, 0.25) is 29.5 Å².